The maximum absolute atomic E-state index is 12.1. The topological polar surface area (TPSA) is 64.0 Å². The van der Waals surface area contributed by atoms with Gasteiger partial charge in [-0.1, -0.05) is 53.0 Å². The lowest BCUT2D eigenvalue weighted by molar-refractivity contribution is -0.116. The number of aromatic nitrogens is 2. The van der Waals surface area contributed by atoms with Crippen LogP contribution in [-0.2, 0) is 11.3 Å². The minimum absolute atomic E-state index is 0.166. The molecule has 1 amide bonds. The zero-order valence-corrected chi connectivity index (χ0v) is 16.8. The zero-order chi connectivity index (χ0) is 20.1. The highest BCUT2D eigenvalue weighted by atomic mass is 35.5. The molecule has 0 bridgehead atoms. The number of halogens is 2. The number of nitrogens with zero attached hydrogens (tertiary/aromatic N) is 2. The largest absolute Gasteiger partial charge is 0.326 e. The van der Waals surface area contributed by atoms with Crippen molar-refractivity contribution < 1.29 is 4.79 Å². The van der Waals surface area contributed by atoms with Crippen molar-refractivity contribution in [1.29, 1.82) is 0 Å². The molecule has 0 aliphatic rings. The van der Waals surface area contributed by atoms with Crippen LogP contribution in [0.4, 0.5) is 5.69 Å². The molecule has 1 heterocycles. The first-order valence-corrected chi connectivity index (χ1v) is 9.58. The number of aryl methyl sites for hydroxylation is 2. The van der Waals surface area contributed by atoms with E-state index in [1.165, 1.54) is 10.7 Å². The molecule has 0 saturated heterocycles. The quantitative estimate of drug-likeness (QED) is 0.619. The molecule has 0 spiro atoms. The summed E-state index contributed by atoms with van der Waals surface area (Å²) in [7, 11) is 0. The molecule has 3 aromatic rings. The summed E-state index contributed by atoms with van der Waals surface area (Å²) >= 11 is 11.8. The summed E-state index contributed by atoms with van der Waals surface area (Å²) in [5, 5.41) is 7.99. The lowest BCUT2D eigenvalue weighted by atomic mass is 10.1. The van der Waals surface area contributed by atoms with Crippen molar-refractivity contribution in [1.82, 2.24) is 9.78 Å². The normalized spacial score (nSPS) is 10.7. The van der Waals surface area contributed by atoms with Crippen LogP contribution in [0.5, 0.6) is 0 Å². The van der Waals surface area contributed by atoms with Crippen molar-refractivity contribution in [2.75, 3.05) is 5.32 Å². The van der Waals surface area contributed by atoms with Crippen LogP contribution in [0.2, 0.25) is 10.0 Å². The Morgan fingerprint density at radius 2 is 1.79 bits per heavy atom. The van der Waals surface area contributed by atoms with Crippen LogP contribution in [0.3, 0.4) is 0 Å². The SMILES string of the molecule is Cc1ccc(-c2ccc(=O)n(CCCC(=O)Nc3ccc(Cl)c(Cl)c3)n2)cc1. The van der Waals surface area contributed by atoms with Crippen LogP contribution in [0.1, 0.15) is 18.4 Å². The van der Waals surface area contributed by atoms with Crippen LogP contribution in [0.15, 0.2) is 59.4 Å². The van der Waals surface area contributed by atoms with Gasteiger partial charge in [0.15, 0.2) is 0 Å². The van der Waals surface area contributed by atoms with Crippen molar-refractivity contribution in [2.45, 2.75) is 26.3 Å². The molecule has 3 rings (SSSR count). The fraction of sp³-hybridized carbons (Fsp3) is 0.190. The highest BCUT2D eigenvalue weighted by Crippen LogP contribution is 2.25. The van der Waals surface area contributed by atoms with Crippen LogP contribution >= 0.6 is 23.2 Å². The van der Waals surface area contributed by atoms with Crippen molar-refractivity contribution >= 4 is 34.8 Å². The summed E-state index contributed by atoms with van der Waals surface area (Å²) in [4.78, 5) is 24.2. The van der Waals surface area contributed by atoms with Crippen molar-refractivity contribution in [3.63, 3.8) is 0 Å². The fourth-order valence-corrected chi connectivity index (χ4v) is 2.97. The molecule has 0 unspecified atom stereocenters. The number of amides is 1. The Labute approximate surface area is 172 Å². The summed E-state index contributed by atoms with van der Waals surface area (Å²) < 4.78 is 1.39. The van der Waals surface area contributed by atoms with E-state index in [4.69, 9.17) is 23.2 Å². The van der Waals surface area contributed by atoms with Crippen molar-refractivity contribution in [3.8, 4) is 11.3 Å². The maximum atomic E-state index is 12.1. The van der Waals surface area contributed by atoms with E-state index in [1.807, 2.05) is 31.2 Å². The van der Waals surface area contributed by atoms with Crippen LogP contribution in [-0.4, -0.2) is 15.7 Å². The Balaban J connectivity index is 1.60. The van der Waals surface area contributed by atoms with Gasteiger partial charge in [0, 0.05) is 30.3 Å². The third kappa shape index (κ3) is 5.21. The van der Waals surface area contributed by atoms with E-state index in [1.54, 1.807) is 24.3 Å². The molecule has 0 aliphatic carbocycles. The number of benzene rings is 2. The molecule has 0 atom stereocenters. The molecule has 1 N–H and O–H groups in total. The molecule has 7 heteroatoms. The van der Waals surface area contributed by atoms with Crippen LogP contribution < -0.4 is 10.9 Å². The van der Waals surface area contributed by atoms with Gasteiger partial charge in [-0.25, -0.2) is 4.68 Å². The molecular formula is C21H19Cl2N3O2. The minimum atomic E-state index is -0.194. The second kappa shape index (κ2) is 9.04. The van der Waals surface area contributed by atoms with Gasteiger partial charge in [0.1, 0.15) is 0 Å². The van der Waals surface area contributed by atoms with Gasteiger partial charge in [-0.05, 0) is 37.6 Å². The Bertz CT molecular complexity index is 1050. The number of anilines is 1. The first kappa shape index (κ1) is 20.1. The zero-order valence-electron chi connectivity index (χ0n) is 15.3. The second-order valence-electron chi connectivity index (χ2n) is 6.43. The lowest BCUT2D eigenvalue weighted by Gasteiger charge is -2.08. The van der Waals surface area contributed by atoms with Gasteiger partial charge >= 0.3 is 0 Å². The van der Waals surface area contributed by atoms with Gasteiger partial charge in [-0.2, -0.15) is 5.10 Å². The second-order valence-corrected chi connectivity index (χ2v) is 7.24. The number of carbonyl (C=O) groups excluding carboxylic acids is 1. The summed E-state index contributed by atoms with van der Waals surface area (Å²) in [5.41, 5.74) is 3.21. The molecule has 1 aromatic heterocycles. The first-order chi connectivity index (χ1) is 13.4. The Morgan fingerprint density at radius 3 is 2.50 bits per heavy atom. The first-order valence-electron chi connectivity index (χ1n) is 8.82. The molecule has 28 heavy (non-hydrogen) atoms. The number of rotatable bonds is 6. The van der Waals surface area contributed by atoms with Gasteiger partial charge in [0.25, 0.3) is 5.56 Å². The maximum Gasteiger partial charge on any atom is 0.266 e. The van der Waals surface area contributed by atoms with Crippen LogP contribution in [0, 0.1) is 6.92 Å². The molecule has 5 nitrogen and oxygen atoms in total. The van der Waals surface area contributed by atoms with E-state index in [-0.39, 0.29) is 17.9 Å². The van der Waals surface area contributed by atoms with E-state index in [2.05, 4.69) is 10.4 Å². The molecule has 0 fully saturated rings. The van der Waals surface area contributed by atoms with Crippen molar-refractivity contribution in [2.24, 2.45) is 0 Å². The molecule has 0 aliphatic heterocycles. The number of nitrogens with one attached hydrogen (secondary N) is 1. The van der Waals surface area contributed by atoms with Gasteiger partial charge in [-0.15, -0.1) is 0 Å². The van der Waals surface area contributed by atoms with Gasteiger partial charge in [0.2, 0.25) is 5.91 Å². The highest BCUT2D eigenvalue weighted by molar-refractivity contribution is 6.42. The van der Waals surface area contributed by atoms with E-state index >= 15 is 0 Å². The van der Waals surface area contributed by atoms with Gasteiger partial charge < -0.3 is 5.32 Å². The summed E-state index contributed by atoms with van der Waals surface area (Å²) in [6.07, 6.45) is 0.737. The predicted molar refractivity (Wildman–Crippen MR) is 113 cm³/mol. The fourth-order valence-electron chi connectivity index (χ4n) is 2.67. The third-order valence-corrected chi connectivity index (χ3v) is 4.93. The average Bonchev–Trinajstić information content (AvgIpc) is 2.67. The molecule has 144 valence electrons. The number of hydrogen-bond donors (Lipinski definition) is 1. The smallest absolute Gasteiger partial charge is 0.266 e. The lowest BCUT2D eigenvalue weighted by Crippen LogP contribution is -2.23. The van der Waals surface area contributed by atoms with Gasteiger partial charge in [-0.3, -0.25) is 9.59 Å². The predicted octanol–water partition coefficient (Wildman–Crippen LogP) is 4.94. The molecule has 0 radical (unpaired) electrons. The standard InChI is InChI=1S/C21H19Cl2N3O2/c1-14-4-6-15(7-5-14)19-10-11-21(28)26(25-19)12-2-3-20(27)24-16-8-9-17(22)18(23)13-16/h4-11,13H,2-3,12H2,1H3,(H,24,27). The summed E-state index contributed by atoms with van der Waals surface area (Å²) in [6, 6.07) is 16.0. The monoisotopic (exact) mass is 415 g/mol. The molecule has 2 aromatic carbocycles. The van der Waals surface area contributed by atoms with Crippen molar-refractivity contribution in [3.05, 3.63) is 80.6 Å². The minimum Gasteiger partial charge on any atom is -0.326 e. The number of carbonyl (C=O) groups is 1. The van der Waals surface area contributed by atoms with Gasteiger partial charge in [0.05, 0.1) is 15.7 Å². The summed E-state index contributed by atoms with van der Waals surface area (Å²) in [5.74, 6) is -0.166. The third-order valence-electron chi connectivity index (χ3n) is 4.19. The van der Waals surface area contributed by atoms with E-state index in [0.717, 1.165) is 16.8 Å². The summed E-state index contributed by atoms with van der Waals surface area (Å²) in [6.45, 7) is 2.37. The van der Waals surface area contributed by atoms with E-state index < -0.39 is 0 Å². The number of hydrogen-bond acceptors (Lipinski definition) is 3. The Hall–Kier alpha value is -2.63. The Morgan fingerprint density at radius 1 is 1.04 bits per heavy atom. The van der Waals surface area contributed by atoms with E-state index in [9.17, 15) is 9.59 Å². The average molecular weight is 416 g/mol. The van der Waals surface area contributed by atoms with E-state index in [0.29, 0.717) is 28.7 Å². The molecule has 0 saturated carbocycles. The van der Waals surface area contributed by atoms with Crippen LogP contribution in [0.25, 0.3) is 11.3 Å². The highest BCUT2D eigenvalue weighted by Gasteiger charge is 2.07. The molecular weight excluding hydrogens is 397 g/mol. The Kier molecular flexibility index (Phi) is 6.49.